The Morgan fingerprint density at radius 1 is 0.824 bits per heavy atom. The molecule has 0 bridgehead atoms. The van der Waals surface area contributed by atoms with Crippen LogP contribution in [-0.2, 0) is 23.0 Å². The summed E-state index contributed by atoms with van der Waals surface area (Å²) in [5, 5.41) is 5.48. The van der Waals surface area contributed by atoms with E-state index in [9.17, 15) is 18.0 Å². The summed E-state index contributed by atoms with van der Waals surface area (Å²) in [5.41, 5.74) is 2.80. The van der Waals surface area contributed by atoms with Crippen molar-refractivity contribution in [1.82, 2.24) is 14.9 Å². The number of hydrogen-bond acceptors (Lipinski definition) is 4. The summed E-state index contributed by atoms with van der Waals surface area (Å²) in [6.07, 6.45) is 0.613. The van der Waals surface area contributed by atoms with Gasteiger partial charge in [-0.15, -0.1) is 0 Å². The lowest BCUT2D eigenvalue weighted by Crippen LogP contribution is -2.36. The Bertz CT molecular complexity index is 1310. The molecule has 2 N–H and O–H groups in total. The summed E-state index contributed by atoms with van der Waals surface area (Å²) >= 11 is 6.24. The summed E-state index contributed by atoms with van der Waals surface area (Å²) in [4.78, 5) is 24.6. The van der Waals surface area contributed by atoms with E-state index in [0.717, 1.165) is 11.1 Å². The van der Waals surface area contributed by atoms with Crippen LogP contribution in [0.3, 0.4) is 0 Å². The minimum absolute atomic E-state index is 0.0607. The van der Waals surface area contributed by atoms with Crippen LogP contribution < -0.4 is 10.6 Å². The first-order valence-corrected chi connectivity index (χ1v) is 12.7. The van der Waals surface area contributed by atoms with Gasteiger partial charge in [-0.05, 0) is 47.9 Å². The van der Waals surface area contributed by atoms with Crippen molar-refractivity contribution in [2.45, 2.75) is 17.9 Å². The number of hydrogen-bond donors (Lipinski definition) is 2. The van der Waals surface area contributed by atoms with Gasteiger partial charge in [0.15, 0.2) is 0 Å². The van der Waals surface area contributed by atoms with Crippen molar-refractivity contribution in [3.63, 3.8) is 0 Å². The number of fused-ring (bicyclic) bond motifs is 1. The molecule has 34 heavy (non-hydrogen) atoms. The van der Waals surface area contributed by atoms with Crippen LogP contribution in [0.25, 0.3) is 0 Å². The highest BCUT2D eigenvalue weighted by Crippen LogP contribution is 2.29. The zero-order valence-electron chi connectivity index (χ0n) is 18.3. The average Bonchev–Trinajstić information content (AvgIpc) is 2.86. The number of sulfonamides is 1. The fourth-order valence-corrected chi connectivity index (χ4v) is 5.72. The second-order valence-corrected chi connectivity index (χ2v) is 10.2. The van der Waals surface area contributed by atoms with E-state index in [1.165, 1.54) is 22.5 Å². The predicted octanol–water partition coefficient (Wildman–Crippen LogP) is 3.25. The maximum atomic E-state index is 13.3. The Morgan fingerprint density at radius 3 is 2.15 bits per heavy atom. The van der Waals surface area contributed by atoms with Crippen LogP contribution in [-0.4, -0.2) is 44.2 Å². The lowest BCUT2D eigenvalue weighted by Gasteiger charge is -2.28. The van der Waals surface area contributed by atoms with Gasteiger partial charge in [0.25, 0.3) is 11.8 Å². The number of nitrogens with zero attached hydrogens (tertiary/aromatic N) is 1. The second-order valence-electron chi connectivity index (χ2n) is 7.88. The standard InChI is InChI=1S/C25H24ClN3O4S/c26-22-11-10-20(25(31)28-14-13-27-24(30)19-7-2-1-3-8-19)16-23(22)34(32,33)29-15-12-18-6-4-5-9-21(18)17-29/h1-11,16H,12-15,17H2,(H,27,30)(H,28,31). The van der Waals surface area contributed by atoms with Gasteiger partial charge >= 0.3 is 0 Å². The number of benzene rings is 3. The van der Waals surface area contributed by atoms with Gasteiger partial charge in [0.05, 0.1) is 5.02 Å². The van der Waals surface area contributed by atoms with Gasteiger partial charge in [-0.2, -0.15) is 4.31 Å². The van der Waals surface area contributed by atoms with E-state index in [4.69, 9.17) is 11.6 Å². The smallest absolute Gasteiger partial charge is 0.251 e. The third kappa shape index (κ3) is 5.30. The van der Waals surface area contributed by atoms with Gasteiger partial charge in [-0.1, -0.05) is 54.1 Å². The molecule has 2 amide bonds. The second kappa shape index (κ2) is 10.4. The van der Waals surface area contributed by atoms with Gasteiger partial charge in [-0.25, -0.2) is 8.42 Å². The molecular formula is C25H24ClN3O4S. The first kappa shape index (κ1) is 23.9. The molecule has 9 heteroatoms. The molecule has 176 valence electrons. The number of amides is 2. The molecule has 3 aromatic carbocycles. The fourth-order valence-electron chi connectivity index (χ4n) is 3.80. The lowest BCUT2D eigenvalue weighted by atomic mass is 10.0. The molecule has 0 aliphatic carbocycles. The van der Waals surface area contributed by atoms with Gasteiger partial charge < -0.3 is 10.6 Å². The van der Waals surface area contributed by atoms with Crippen molar-refractivity contribution in [2.24, 2.45) is 0 Å². The zero-order chi connectivity index (χ0) is 24.1. The van der Waals surface area contributed by atoms with Crippen molar-refractivity contribution in [3.05, 3.63) is 100 Å². The van der Waals surface area contributed by atoms with Crippen molar-refractivity contribution in [2.75, 3.05) is 19.6 Å². The summed E-state index contributed by atoms with van der Waals surface area (Å²) in [5.74, 6) is -0.691. The van der Waals surface area contributed by atoms with Crippen LogP contribution >= 0.6 is 11.6 Å². The Balaban J connectivity index is 1.40. The fraction of sp³-hybridized carbons (Fsp3) is 0.200. The molecule has 0 atom stereocenters. The molecule has 1 aliphatic rings. The first-order valence-electron chi connectivity index (χ1n) is 10.8. The van der Waals surface area contributed by atoms with Crippen LogP contribution in [0.4, 0.5) is 0 Å². The summed E-state index contributed by atoms with van der Waals surface area (Å²) < 4.78 is 28.0. The number of nitrogens with one attached hydrogen (secondary N) is 2. The van der Waals surface area contributed by atoms with Gasteiger partial charge in [0.1, 0.15) is 4.90 Å². The van der Waals surface area contributed by atoms with Crippen molar-refractivity contribution < 1.29 is 18.0 Å². The van der Waals surface area contributed by atoms with Crippen molar-refractivity contribution in [1.29, 1.82) is 0 Å². The molecule has 4 rings (SSSR count). The molecule has 0 saturated heterocycles. The van der Waals surface area contributed by atoms with E-state index in [1.807, 2.05) is 30.3 Å². The van der Waals surface area contributed by atoms with Gasteiger partial charge in [-0.3, -0.25) is 9.59 Å². The molecular weight excluding hydrogens is 474 g/mol. The maximum Gasteiger partial charge on any atom is 0.251 e. The Kier molecular flexibility index (Phi) is 7.31. The van der Waals surface area contributed by atoms with Crippen molar-refractivity contribution in [3.8, 4) is 0 Å². The number of carbonyl (C=O) groups excluding carboxylic acids is 2. The largest absolute Gasteiger partial charge is 0.350 e. The minimum Gasteiger partial charge on any atom is -0.350 e. The third-order valence-corrected chi connectivity index (χ3v) is 7.97. The third-order valence-electron chi connectivity index (χ3n) is 5.64. The predicted molar refractivity (Wildman–Crippen MR) is 130 cm³/mol. The summed E-state index contributed by atoms with van der Waals surface area (Å²) in [6, 6.07) is 20.7. The lowest BCUT2D eigenvalue weighted by molar-refractivity contribution is 0.0927. The van der Waals surface area contributed by atoms with E-state index in [-0.39, 0.29) is 41.0 Å². The molecule has 0 radical (unpaired) electrons. The molecule has 0 aromatic heterocycles. The number of halogens is 1. The molecule has 7 nitrogen and oxygen atoms in total. The molecule has 0 spiro atoms. The highest BCUT2D eigenvalue weighted by molar-refractivity contribution is 7.89. The van der Waals surface area contributed by atoms with Crippen molar-refractivity contribution >= 4 is 33.4 Å². The Hall–Kier alpha value is -3.20. The Labute approximate surface area is 203 Å². The minimum atomic E-state index is -3.89. The first-order chi connectivity index (χ1) is 16.4. The quantitative estimate of drug-likeness (QED) is 0.490. The SMILES string of the molecule is O=C(NCCNC(=O)c1ccc(Cl)c(S(=O)(=O)N2CCc3ccccc3C2)c1)c1ccccc1. The van der Waals surface area contributed by atoms with E-state index in [1.54, 1.807) is 24.3 Å². The molecule has 1 aliphatic heterocycles. The van der Waals surface area contributed by atoms with Crippen LogP contribution in [0.2, 0.25) is 5.02 Å². The van der Waals surface area contributed by atoms with E-state index in [2.05, 4.69) is 10.6 Å². The van der Waals surface area contributed by atoms with E-state index < -0.39 is 15.9 Å². The zero-order valence-corrected chi connectivity index (χ0v) is 19.9. The highest BCUT2D eigenvalue weighted by atomic mass is 35.5. The molecule has 0 unspecified atom stereocenters. The monoisotopic (exact) mass is 497 g/mol. The number of carbonyl (C=O) groups is 2. The summed E-state index contributed by atoms with van der Waals surface area (Å²) in [6.45, 7) is 1.01. The van der Waals surface area contributed by atoms with E-state index >= 15 is 0 Å². The molecule has 0 saturated carbocycles. The maximum absolute atomic E-state index is 13.3. The van der Waals surface area contributed by atoms with Crippen LogP contribution in [0.1, 0.15) is 31.8 Å². The van der Waals surface area contributed by atoms with E-state index in [0.29, 0.717) is 18.5 Å². The number of rotatable bonds is 7. The average molecular weight is 498 g/mol. The van der Waals surface area contributed by atoms with Crippen LogP contribution in [0.5, 0.6) is 0 Å². The topological polar surface area (TPSA) is 95.6 Å². The van der Waals surface area contributed by atoms with Crippen LogP contribution in [0, 0.1) is 0 Å². The van der Waals surface area contributed by atoms with Gasteiger partial charge in [0, 0.05) is 37.3 Å². The van der Waals surface area contributed by atoms with Gasteiger partial charge in [0.2, 0.25) is 10.0 Å². The normalized spacial score (nSPS) is 13.7. The molecule has 1 heterocycles. The van der Waals surface area contributed by atoms with Crippen LogP contribution in [0.15, 0.2) is 77.7 Å². The summed E-state index contributed by atoms with van der Waals surface area (Å²) in [7, 11) is -3.89. The molecule has 0 fully saturated rings. The molecule has 3 aromatic rings. The highest BCUT2D eigenvalue weighted by Gasteiger charge is 2.30. The Morgan fingerprint density at radius 2 is 1.44 bits per heavy atom.